The van der Waals surface area contributed by atoms with E-state index in [0.29, 0.717) is 31.4 Å². The maximum Gasteiger partial charge on any atom is 0.258 e. The van der Waals surface area contributed by atoms with Gasteiger partial charge in [0.1, 0.15) is 6.73 Å². The molecule has 0 saturated carbocycles. The van der Waals surface area contributed by atoms with E-state index in [1.54, 1.807) is 17.3 Å². The molecule has 2 aromatic rings. The van der Waals surface area contributed by atoms with Crippen molar-refractivity contribution in [3.05, 3.63) is 52.3 Å². The van der Waals surface area contributed by atoms with Crippen molar-refractivity contribution < 1.29 is 9.53 Å². The standard InChI is InChI=1S/C18H19ClN4O2/c19-15-3-2-12-7-16(8-13(12)6-15)22-18-20-9-14(10-21-18)17(24)23-4-1-5-25-11-23/h2-3,6,9-10,16H,1,4-5,7-8,11H2,(H,20,21,22)/t16-/m0/s1. The van der Waals surface area contributed by atoms with Crippen LogP contribution in [0.4, 0.5) is 5.95 Å². The van der Waals surface area contributed by atoms with Gasteiger partial charge in [-0.3, -0.25) is 4.79 Å². The average molecular weight is 359 g/mol. The highest BCUT2D eigenvalue weighted by atomic mass is 35.5. The number of carbonyl (C=O) groups excluding carboxylic acids is 1. The number of ether oxygens (including phenoxy) is 1. The summed E-state index contributed by atoms with van der Waals surface area (Å²) < 4.78 is 5.32. The zero-order valence-electron chi connectivity index (χ0n) is 13.7. The predicted molar refractivity (Wildman–Crippen MR) is 94.8 cm³/mol. The molecule has 6 nitrogen and oxygen atoms in total. The number of carbonyl (C=O) groups is 1. The summed E-state index contributed by atoms with van der Waals surface area (Å²) in [6, 6.07) is 6.25. The molecule has 25 heavy (non-hydrogen) atoms. The molecule has 1 aliphatic heterocycles. The third-order valence-corrected chi connectivity index (χ3v) is 4.82. The molecule has 1 aliphatic carbocycles. The fourth-order valence-electron chi connectivity index (χ4n) is 3.32. The van der Waals surface area contributed by atoms with Crippen molar-refractivity contribution in [3.63, 3.8) is 0 Å². The van der Waals surface area contributed by atoms with Crippen LogP contribution in [0, 0.1) is 0 Å². The Morgan fingerprint density at radius 1 is 1.24 bits per heavy atom. The number of benzene rings is 1. The van der Waals surface area contributed by atoms with E-state index < -0.39 is 0 Å². The molecular weight excluding hydrogens is 340 g/mol. The predicted octanol–water partition coefficient (Wildman–Crippen LogP) is 2.53. The second kappa shape index (κ2) is 6.98. The first kappa shape index (κ1) is 16.3. The van der Waals surface area contributed by atoms with Gasteiger partial charge in [-0.1, -0.05) is 17.7 Å². The van der Waals surface area contributed by atoms with Gasteiger partial charge in [-0.05, 0) is 42.5 Å². The lowest BCUT2D eigenvalue weighted by atomic mass is 10.1. The summed E-state index contributed by atoms with van der Waals surface area (Å²) in [7, 11) is 0. The molecule has 1 N–H and O–H groups in total. The number of anilines is 1. The number of rotatable bonds is 3. The Hall–Kier alpha value is -2.18. The molecule has 1 aromatic carbocycles. The summed E-state index contributed by atoms with van der Waals surface area (Å²) in [6.45, 7) is 1.75. The molecule has 1 aromatic heterocycles. The van der Waals surface area contributed by atoms with E-state index in [2.05, 4.69) is 21.4 Å². The highest BCUT2D eigenvalue weighted by Gasteiger charge is 2.23. The minimum absolute atomic E-state index is 0.0887. The lowest BCUT2D eigenvalue weighted by molar-refractivity contribution is -0.00575. The molecule has 0 radical (unpaired) electrons. The third-order valence-electron chi connectivity index (χ3n) is 4.58. The summed E-state index contributed by atoms with van der Waals surface area (Å²) in [5.41, 5.74) is 3.05. The van der Waals surface area contributed by atoms with E-state index >= 15 is 0 Å². The van der Waals surface area contributed by atoms with Crippen LogP contribution in [0.25, 0.3) is 0 Å². The van der Waals surface area contributed by atoms with Crippen LogP contribution in [0.1, 0.15) is 27.9 Å². The van der Waals surface area contributed by atoms with Gasteiger partial charge in [0.05, 0.1) is 12.2 Å². The van der Waals surface area contributed by atoms with Crippen molar-refractivity contribution in [2.45, 2.75) is 25.3 Å². The number of hydrogen-bond donors (Lipinski definition) is 1. The van der Waals surface area contributed by atoms with Crippen LogP contribution in [-0.2, 0) is 17.6 Å². The smallest absolute Gasteiger partial charge is 0.258 e. The summed E-state index contributed by atoms with van der Waals surface area (Å²) in [4.78, 5) is 22.6. The highest BCUT2D eigenvalue weighted by Crippen LogP contribution is 2.26. The highest BCUT2D eigenvalue weighted by molar-refractivity contribution is 6.30. The molecule has 130 valence electrons. The minimum Gasteiger partial charge on any atom is -0.361 e. The SMILES string of the molecule is O=C(c1cnc(N[C@H]2Cc3ccc(Cl)cc3C2)nc1)N1CCCOC1. The Bertz CT molecular complexity index is 775. The van der Waals surface area contributed by atoms with Gasteiger partial charge in [0.25, 0.3) is 5.91 Å². The van der Waals surface area contributed by atoms with Gasteiger partial charge in [-0.15, -0.1) is 0 Å². The molecule has 1 amide bonds. The number of nitrogens with one attached hydrogen (secondary N) is 1. The Kier molecular flexibility index (Phi) is 4.55. The Labute approximate surface area is 151 Å². The van der Waals surface area contributed by atoms with Crippen LogP contribution < -0.4 is 5.32 Å². The van der Waals surface area contributed by atoms with E-state index in [1.807, 2.05) is 12.1 Å². The average Bonchev–Trinajstić information content (AvgIpc) is 3.04. The maximum absolute atomic E-state index is 12.4. The van der Waals surface area contributed by atoms with Crippen LogP contribution in [0.15, 0.2) is 30.6 Å². The molecule has 1 atom stereocenters. The summed E-state index contributed by atoms with van der Waals surface area (Å²) in [6.07, 6.45) is 5.82. The molecule has 1 fully saturated rings. The van der Waals surface area contributed by atoms with Crippen LogP contribution in [0.3, 0.4) is 0 Å². The fourth-order valence-corrected chi connectivity index (χ4v) is 3.52. The monoisotopic (exact) mass is 358 g/mol. The molecule has 2 heterocycles. The first-order valence-electron chi connectivity index (χ1n) is 8.42. The zero-order chi connectivity index (χ0) is 17.2. The molecule has 1 saturated heterocycles. The van der Waals surface area contributed by atoms with E-state index in [-0.39, 0.29) is 11.9 Å². The molecule has 0 bridgehead atoms. The van der Waals surface area contributed by atoms with Crippen molar-refractivity contribution >= 4 is 23.5 Å². The van der Waals surface area contributed by atoms with Gasteiger partial charge in [0.2, 0.25) is 5.95 Å². The second-order valence-electron chi connectivity index (χ2n) is 6.42. The number of fused-ring (bicyclic) bond motifs is 1. The number of aromatic nitrogens is 2. The van der Waals surface area contributed by atoms with Gasteiger partial charge < -0.3 is 15.0 Å². The quantitative estimate of drug-likeness (QED) is 0.913. The van der Waals surface area contributed by atoms with Crippen molar-refractivity contribution in [1.29, 1.82) is 0 Å². The zero-order valence-corrected chi connectivity index (χ0v) is 14.5. The minimum atomic E-state index is -0.0887. The van der Waals surface area contributed by atoms with Gasteiger partial charge in [0, 0.05) is 30.0 Å². The number of amides is 1. The lowest BCUT2D eigenvalue weighted by Crippen LogP contribution is -2.38. The van der Waals surface area contributed by atoms with Crippen LogP contribution >= 0.6 is 11.6 Å². The van der Waals surface area contributed by atoms with Crippen molar-refractivity contribution in [2.75, 3.05) is 25.2 Å². The van der Waals surface area contributed by atoms with Gasteiger partial charge in [0.15, 0.2) is 0 Å². The van der Waals surface area contributed by atoms with Crippen LogP contribution in [-0.4, -0.2) is 46.7 Å². The summed E-state index contributed by atoms with van der Waals surface area (Å²) in [5, 5.41) is 4.10. The van der Waals surface area contributed by atoms with Crippen molar-refractivity contribution in [2.24, 2.45) is 0 Å². The van der Waals surface area contributed by atoms with Crippen LogP contribution in [0.5, 0.6) is 0 Å². The maximum atomic E-state index is 12.4. The first-order chi connectivity index (χ1) is 12.2. The molecule has 7 heteroatoms. The summed E-state index contributed by atoms with van der Waals surface area (Å²) in [5.74, 6) is 0.449. The lowest BCUT2D eigenvalue weighted by Gasteiger charge is -2.26. The largest absolute Gasteiger partial charge is 0.361 e. The molecular formula is C18H19ClN4O2. The second-order valence-corrected chi connectivity index (χ2v) is 6.85. The van der Waals surface area contributed by atoms with Crippen LogP contribution in [0.2, 0.25) is 5.02 Å². The van der Waals surface area contributed by atoms with E-state index in [9.17, 15) is 4.79 Å². The Morgan fingerprint density at radius 3 is 2.80 bits per heavy atom. The fraction of sp³-hybridized carbons (Fsp3) is 0.389. The summed E-state index contributed by atoms with van der Waals surface area (Å²) >= 11 is 6.05. The Balaban J connectivity index is 1.39. The molecule has 0 spiro atoms. The van der Waals surface area contributed by atoms with Gasteiger partial charge in [-0.25, -0.2) is 9.97 Å². The van der Waals surface area contributed by atoms with Gasteiger partial charge >= 0.3 is 0 Å². The Morgan fingerprint density at radius 2 is 2.04 bits per heavy atom. The molecule has 0 unspecified atom stereocenters. The van der Waals surface area contributed by atoms with Crippen molar-refractivity contribution in [1.82, 2.24) is 14.9 Å². The number of hydrogen-bond acceptors (Lipinski definition) is 5. The van der Waals surface area contributed by atoms with Crippen molar-refractivity contribution in [3.8, 4) is 0 Å². The topological polar surface area (TPSA) is 67.4 Å². The first-order valence-corrected chi connectivity index (χ1v) is 8.80. The third kappa shape index (κ3) is 3.60. The number of halogens is 1. The van der Waals surface area contributed by atoms with E-state index in [0.717, 1.165) is 24.3 Å². The van der Waals surface area contributed by atoms with E-state index in [4.69, 9.17) is 16.3 Å². The van der Waals surface area contributed by atoms with E-state index in [1.165, 1.54) is 11.1 Å². The number of nitrogens with zero attached hydrogens (tertiary/aromatic N) is 3. The molecule has 4 rings (SSSR count). The molecule has 2 aliphatic rings. The normalized spacial score (nSPS) is 19.6. The van der Waals surface area contributed by atoms with Gasteiger partial charge in [-0.2, -0.15) is 0 Å².